The fourth-order valence-electron chi connectivity index (χ4n) is 2.70. The molecule has 0 saturated heterocycles. The first kappa shape index (κ1) is 16.3. The zero-order chi connectivity index (χ0) is 16.4. The lowest BCUT2D eigenvalue weighted by Gasteiger charge is -2.24. The van der Waals surface area contributed by atoms with E-state index in [1.165, 1.54) is 11.3 Å². The summed E-state index contributed by atoms with van der Waals surface area (Å²) in [5, 5.41) is 5.74. The maximum absolute atomic E-state index is 12.4. The molecule has 2 aromatic rings. The van der Waals surface area contributed by atoms with Crippen LogP contribution in [0.1, 0.15) is 46.8 Å². The fraction of sp³-hybridized carbons (Fsp3) is 0.375. The summed E-state index contributed by atoms with van der Waals surface area (Å²) in [6, 6.07) is 4.81. The summed E-state index contributed by atoms with van der Waals surface area (Å²) >= 11 is 4.66. The summed E-state index contributed by atoms with van der Waals surface area (Å²) in [5.41, 5.74) is 1.05. The molecule has 3 rings (SSSR count). The quantitative estimate of drug-likeness (QED) is 0.831. The number of hydrogen-bond donors (Lipinski definition) is 2. The average Bonchev–Trinajstić information content (AvgIpc) is 3.16. The molecule has 23 heavy (non-hydrogen) atoms. The van der Waals surface area contributed by atoms with Crippen LogP contribution < -0.4 is 10.6 Å². The second-order valence-corrected chi connectivity index (χ2v) is 8.01. The predicted molar refractivity (Wildman–Crippen MR) is 91.5 cm³/mol. The van der Waals surface area contributed by atoms with E-state index in [0.29, 0.717) is 4.88 Å². The molecule has 2 amide bonds. The number of aryl methyl sites for hydroxylation is 1. The fourth-order valence-corrected chi connectivity index (χ4v) is 3.99. The molecule has 0 spiro atoms. The van der Waals surface area contributed by atoms with Gasteiger partial charge in [0.1, 0.15) is 11.8 Å². The first-order valence-corrected chi connectivity index (χ1v) is 9.08. The van der Waals surface area contributed by atoms with Crippen molar-refractivity contribution in [3.8, 4) is 0 Å². The van der Waals surface area contributed by atoms with Crippen LogP contribution in [0.15, 0.2) is 32.7 Å². The van der Waals surface area contributed by atoms with Gasteiger partial charge in [-0.15, -0.1) is 11.3 Å². The van der Waals surface area contributed by atoms with Gasteiger partial charge in [-0.2, -0.15) is 0 Å². The highest BCUT2D eigenvalue weighted by Crippen LogP contribution is 2.30. The molecular weight excluding hydrogens is 380 g/mol. The molecule has 2 unspecified atom stereocenters. The van der Waals surface area contributed by atoms with Gasteiger partial charge >= 0.3 is 0 Å². The van der Waals surface area contributed by atoms with Gasteiger partial charge in [-0.3, -0.25) is 9.59 Å². The van der Waals surface area contributed by atoms with Crippen LogP contribution >= 0.6 is 27.3 Å². The molecule has 2 atom stereocenters. The molecule has 0 radical (unpaired) electrons. The number of carbonyl (C=O) groups is 2. The van der Waals surface area contributed by atoms with Gasteiger partial charge in [-0.1, -0.05) is 0 Å². The van der Waals surface area contributed by atoms with Gasteiger partial charge in [-0.25, -0.2) is 0 Å². The maximum Gasteiger partial charge on any atom is 0.262 e. The Balaban J connectivity index is 1.59. The SMILES string of the molecule is CC(NC(=O)c1ccc(Br)s1)C(=O)NC1CCCc2occc21. The Morgan fingerprint density at radius 3 is 2.96 bits per heavy atom. The standard InChI is InChI=1S/C16H17BrN2O3S/c1-9(18-16(21)13-5-6-14(17)23-13)15(20)19-11-3-2-4-12-10(11)7-8-22-12/h5-9,11H,2-4H2,1H3,(H,18,21)(H,19,20). The van der Waals surface area contributed by atoms with Gasteiger partial charge in [0.2, 0.25) is 5.91 Å². The number of fused-ring (bicyclic) bond motifs is 1. The normalized spacial score (nSPS) is 18.1. The van der Waals surface area contributed by atoms with Crippen LogP contribution in [0.4, 0.5) is 0 Å². The van der Waals surface area contributed by atoms with E-state index >= 15 is 0 Å². The zero-order valence-electron chi connectivity index (χ0n) is 12.6. The molecule has 122 valence electrons. The summed E-state index contributed by atoms with van der Waals surface area (Å²) in [6.45, 7) is 1.69. The van der Waals surface area contributed by atoms with E-state index in [4.69, 9.17) is 4.42 Å². The van der Waals surface area contributed by atoms with Crippen molar-refractivity contribution in [3.05, 3.63) is 44.4 Å². The van der Waals surface area contributed by atoms with Gasteiger partial charge in [0.25, 0.3) is 5.91 Å². The van der Waals surface area contributed by atoms with Crippen LogP contribution in [0, 0.1) is 0 Å². The summed E-state index contributed by atoms with van der Waals surface area (Å²) < 4.78 is 6.31. The molecule has 0 aromatic carbocycles. The molecule has 1 aliphatic rings. The van der Waals surface area contributed by atoms with Crippen LogP contribution in [0.3, 0.4) is 0 Å². The molecule has 0 bridgehead atoms. The van der Waals surface area contributed by atoms with E-state index in [9.17, 15) is 9.59 Å². The van der Waals surface area contributed by atoms with E-state index in [-0.39, 0.29) is 17.9 Å². The Hall–Kier alpha value is -1.60. The molecule has 5 nitrogen and oxygen atoms in total. The van der Waals surface area contributed by atoms with Crippen LogP contribution in [-0.4, -0.2) is 17.9 Å². The van der Waals surface area contributed by atoms with E-state index in [1.807, 2.05) is 12.1 Å². The highest BCUT2D eigenvalue weighted by atomic mass is 79.9. The van der Waals surface area contributed by atoms with Gasteiger partial charge in [-0.05, 0) is 53.9 Å². The monoisotopic (exact) mass is 396 g/mol. The molecular formula is C16H17BrN2O3S. The minimum absolute atomic E-state index is 0.0414. The lowest BCUT2D eigenvalue weighted by Crippen LogP contribution is -2.46. The number of carbonyl (C=O) groups excluding carboxylic acids is 2. The Labute approximate surface area is 146 Å². The Bertz CT molecular complexity index is 724. The third-order valence-corrected chi connectivity index (χ3v) is 5.53. The number of thiophene rings is 1. The van der Waals surface area contributed by atoms with Gasteiger partial charge in [0, 0.05) is 12.0 Å². The van der Waals surface area contributed by atoms with Crippen molar-refractivity contribution in [1.29, 1.82) is 0 Å². The number of furan rings is 1. The minimum Gasteiger partial charge on any atom is -0.469 e. The first-order chi connectivity index (χ1) is 11.0. The van der Waals surface area contributed by atoms with E-state index in [1.54, 1.807) is 19.3 Å². The number of halogens is 1. The number of nitrogens with one attached hydrogen (secondary N) is 2. The smallest absolute Gasteiger partial charge is 0.262 e. The summed E-state index contributed by atoms with van der Waals surface area (Å²) in [7, 11) is 0. The van der Waals surface area contributed by atoms with Crippen molar-refractivity contribution >= 4 is 39.1 Å². The van der Waals surface area contributed by atoms with Crippen LogP contribution in [0.25, 0.3) is 0 Å². The highest BCUT2D eigenvalue weighted by molar-refractivity contribution is 9.11. The molecule has 2 aromatic heterocycles. The topological polar surface area (TPSA) is 71.3 Å². The van der Waals surface area contributed by atoms with Crippen molar-refractivity contribution < 1.29 is 14.0 Å². The van der Waals surface area contributed by atoms with Crippen LogP contribution in [0.5, 0.6) is 0 Å². The van der Waals surface area contributed by atoms with Crippen molar-refractivity contribution in [1.82, 2.24) is 10.6 Å². The summed E-state index contributed by atoms with van der Waals surface area (Å²) in [5.74, 6) is 0.519. The van der Waals surface area contributed by atoms with Crippen molar-refractivity contribution in [3.63, 3.8) is 0 Å². The largest absolute Gasteiger partial charge is 0.469 e. The van der Waals surface area contributed by atoms with Crippen molar-refractivity contribution in [2.75, 3.05) is 0 Å². The third kappa shape index (κ3) is 3.67. The van der Waals surface area contributed by atoms with Gasteiger partial charge in [0.15, 0.2) is 0 Å². The minimum atomic E-state index is -0.597. The molecule has 2 N–H and O–H groups in total. The van der Waals surface area contributed by atoms with Gasteiger partial charge in [0.05, 0.1) is 21.0 Å². The van der Waals surface area contributed by atoms with Crippen LogP contribution in [-0.2, 0) is 11.2 Å². The molecule has 2 heterocycles. The number of rotatable bonds is 4. The number of hydrogen-bond acceptors (Lipinski definition) is 4. The Morgan fingerprint density at radius 2 is 2.22 bits per heavy atom. The summed E-state index contributed by atoms with van der Waals surface area (Å²) in [4.78, 5) is 25.0. The lowest BCUT2D eigenvalue weighted by molar-refractivity contribution is -0.123. The van der Waals surface area contributed by atoms with E-state index in [0.717, 1.165) is 34.4 Å². The third-order valence-electron chi connectivity index (χ3n) is 3.91. The van der Waals surface area contributed by atoms with Crippen molar-refractivity contribution in [2.45, 2.75) is 38.3 Å². The molecule has 0 aliphatic heterocycles. The molecule has 0 fully saturated rings. The Kier molecular flexibility index (Phi) is 4.87. The lowest BCUT2D eigenvalue weighted by atomic mass is 9.93. The predicted octanol–water partition coefficient (Wildman–Crippen LogP) is 3.42. The van der Waals surface area contributed by atoms with Gasteiger partial charge < -0.3 is 15.1 Å². The van der Waals surface area contributed by atoms with Crippen LogP contribution in [0.2, 0.25) is 0 Å². The number of amides is 2. The second-order valence-electron chi connectivity index (χ2n) is 5.55. The molecule has 1 aliphatic carbocycles. The van der Waals surface area contributed by atoms with Crippen molar-refractivity contribution in [2.24, 2.45) is 0 Å². The zero-order valence-corrected chi connectivity index (χ0v) is 15.0. The van der Waals surface area contributed by atoms with E-state index < -0.39 is 6.04 Å². The summed E-state index contributed by atoms with van der Waals surface area (Å²) in [6.07, 6.45) is 4.44. The highest BCUT2D eigenvalue weighted by Gasteiger charge is 2.26. The average molecular weight is 397 g/mol. The second kappa shape index (κ2) is 6.88. The molecule has 7 heteroatoms. The van der Waals surface area contributed by atoms with E-state index in [2.05, 4.69) is 26.6 Å². The molecule has 0 saturated carbocycles. The maximum atomic E-state index is 12.4. The first-order valence-electron chi connectivity index (χ1n) is 7.47. The Morgan fingerprint density at radius 1 is 1.39 bits per heavy atom.